The average molecular weight is 410 g/mol. The van der Waals surface area contributed by atoms with Crippen molar-refractivity contribution in [2.75, 3.05) is 0 Å². The van der Waals surface area contributed by atoms with Crippen LogP contribution in [0.15, 0.2) is 66.7 Å². The first kappa shape index (κ1) is 20.9. The summed E-state index contributed by atoms with van der Waals surface area (Å²) in [5, 5.41) is 5.49. The van der Waals surface area contributed by atoms with Crippen molar-refractivity contribution < 1.29 is 14.3 Å². The van der Waals surface area contributed by atoms with Crippen molar-refractivity contribution in [3.05, 3.63) is 82.9 Å². The first-order valence-corrected chi connectivity index (χ1v) is 10.0. The normalized spacial score (nSPS) is 12.0. The molecule has 0 unspecified atom stereocenters. The maximum Gasteiger partial charge on any atom is 0.328 e. The number of hydrogen-bond acceptors (Lipinski definition) is 3. The zero-order valence-electron chi connectivity index (χ0n) is 16.5. The average Bonchev–Trinajstić information content (AvgIpc) is 2.71. The van der Waals surface area contributed by atoms with Gasteiger partial charge in [0.15, 0.2) is 0 Å². The highest BCUT2D eigenvalue weighted by Gasteiger charge is 2.24. The van der Waals surface area contributed by atoms with Gasteiger partial charge in [0.2, 0.25) is 0 Å². The summed E-state index contributed by atoms with van der Waals surface area (Å²) in [7, 11) is 0. The first-order chi connectivity index (χ1) is 13.9. The Morgan fingerprint density at radius 1 is 0.966 bits per heavy atom. The maximum atomic E-state index is 12.8. The highest BCUT2D eigenvalue weighted by Crippen LogP contribution is 2.20. The number of esters is 1. The topological polar surface area (TPSA) is 55.4 Å². The number of ether oxygens (including phenoxy) is 1. The molecule has 0 saturated carbocycles. The molecule has 3 aromatic carbocycles. The molecule has 1 N–H and O–H groups in total. The maximum absolute atomic E-state index is 12.8. The number of amides is 1. The van der Waals surface area contributed by atoms with Crippen LogP contribution in [0.3, 0.4) is 0 Å². The first-order valence-electron chi connectivity index (χ1n) is 9.63. The number of benzene rings is 3. The van der Waals surface area contributed by atoms with E-state index in [-0.39, 0.29) is 18.4 Å². The van der Waals surface area contributed by atoms with Crippen LogP contribution in [0, 0.1) is 5.92 Å². The minimum Gasteiger partial charge on any atom is -0.459 e. The van der Waals surface area contributed by atoms with Crippen LogP contribution in [0.1, 0.15) is 36.2 Å². The van der Waals surface area contributed by atoms with Crippen molar-refractivity contribution in [3.63, 3.8) is 0 Å². The van der Waals surface area contributed by atoms with Crippen LogP contribution in [-0.2, 0) is 16.1 Å². The van der Waals surface area contributed by atoms with E-state index < -0.39 is 12.0 Å². The van der Waals surface area contributed by atoms with Crippen molar-refractivity contribution in [1.82, 2.24) is 5.32 Å². The Labute approximate surface area is 175 Å². The Hall–Kier alpha value is -2.85. The second kappa shape index (κ2) is 9.57. The van der Waals surface area contributed by atoms with E-state index >= 15 is 0 Å². The lowest BCUT2D eigenvalue weighted by atomic mass is 10.0. The van der Waals surface area contributed by atoms with Crippen LogP contribution in [0.4, 0.5) is 0 Å². The zero-order chi connectivity index (χ0) is 20.8. The third-order valence-corrected chi connectivity index (χ3v) is 4.91. The molecule has 5 heteroatoms. The summed E-state index contributed by atoms with van der Waals surface area (Å²) in [6.45, 7) is 4.16. The lowest BCUT2D eigenvalue weighted by Crippen LogP contribution is -2.42. The van der Waals surface area contributed by atoms with Gasteiger partial charge in [-0.05, 0) is 52.9 Å². The molecule has 1 amide bonds. The second-order valence-corrected chi connectivity index (χ2v) is 7.84. The Morgan fingerprint density at radius 2 is 1.66 bits per heavy atom. The van der Waals surface area contributed by atoms with E-state index in [0.29, 0.717) is 17.0 Å². The largest absolute Gasteiger partial charge is 0.459 e. The van der Waals surface area contributed by atoms with Gasteiger partial charge in [-0.2, -0.15) is 0 Å². The molecule has 3 rings (SSSR count). The van der Waals surface area contributed by atoms with E-state index in [9.17, 15) is 9.59 Å². The van der Waals surface area contributed by atoms with E-state index in [4.69, 9.17) is 16.3 Å². The van der Waals surface area contributed by atoms with Gasteiger partial charge in [0.25, 0.3) is 5.91 Å². The van der Waals surface area contributed by atoms with E-state index in [1.54, 1.807) is 24.3 Å². The van der Waals surface area contributed by atoms with Gasteiger partial charge in [0.05, 0.1) is 0 Å². The summed E-state index contributed by atoms with van der Waals surface area (Å²) in [6.07, 6.45) is 0.494. The predicted molar refractivity (Wildman–Crippen MR) is 116 cm³/mol. The number of nitrogens with one attached hydrogen (secondary N) is 1. The van der Waals surface area contributed by atoms with Gasteiger partial charge in [-0.15, -0.1) is 0 Å². The SMILES string of the molecule is CC(C)C[C@H](NC(=O)c1ccc(Cl)cc1)C(=O)OCc1cccc2ccccc12. The summed E-state index contributed by atoms with van der Waals surface area (Å²) in [6, 6.07) is 19.7. The molecule has 0 aromatic heterocycles. The Morgan fingerprint density at radius 3 is 2.38 bits per heavy atom. The minimum atomic E-state index is -0.715. The standard InChI is InChI=1S/C24H24ClNO3/c1-16(2)14-22(26-23(27)18-10-12-20(25)13-11-18)24(28)29-15-19-8-5-7-17-6-3-4-9-21(17)19/h3-13,16,22H,14-15H2,1-2H3,(H,26,27)/t22-/m0/s1. The van der Waals surface area contributed by atoms with E-state index in [1.807, 2.05) is 56.3 Å². The number of carbonyl (C=O) groups excluding carboxylic acids is 2. The number of hydrogen-bond donors (Lipinski definition) is 1. The summed E-state index contributed by atoms with van der Waals surface area (Å²) < 4.78 is 5.58. The molecule has 0 spiro atoms. The molecular formula is C24H24ClNO3. The minimum absolute atomic E-state index is 0.158. The van der Waals surface area contributed by atoms with Crippen molar-refractivity contribution in [1.29, 1.82) is 0 Å². The Balaban J connectivity index is 1.70. The van der Waals surface area contributed by atoms with Gasteiger partial charge in [-0.3, -0.25) is 4.79 Å². The quantitative estimate of drug-likeness (QED) is 0.533. The number of carbonyl (C=O) groups is 2. The smallest absolute Gasteiger partial charge is 0.328 e. The van der Waals surface area contributed by atoms with Crippen LogP contribution in [0.25, 0.3) is 10.8 Å². The molecular weight excluding hydrogens is 386 g/mol. The number of rotatable bonds is 7. The van der Waals surface area contributed by atoms with Gasteiger partial charge in [0, 0.05) is 10.6 Å². The third-order valence-electron chi connectivity index (χ3n) is 4.65. The molecule has 0 aliphatic rings. The number of fused-ring (bicyclic) bond motifs is 1. The molecule has 29 heavy (non-hydrogen) atoms. The summed E-state index contributed by atoms with van der Waals surface area (Å²) in [4.78, 5) is 25.3. The monoisotopic (exact) mass is 409 g/mol. The zero-order valence-corrected chi connectivity index (χ0v) is 17.3. The number of halogens is 1. The molecule has 0 aliphatic heterocycles. The third kappa shape index (κ3) is 5.58. The molecule has 0 fully saturated rings. The Kier molecular flexibility index (Phi) is 6.89. The molecule has 1 atom stereocenters. The van der Waals surface area contributed by atoms with Crippen LogP contribution in [0.5, 0.6) is 0 Å². The molecule has 4 nitrogen and oxygen atoms in total. The van der Waals surface area contributed by atoms with Crippen molar-refractivity contribution in [3.8, 4) is 0 Å². The molecule has 0 saturated heterocycles. The van der Waals surface area contributed by atoms with Crippen LogP contribution >= 0.6 is 11.6 Å². The molecule has 0 aliphatic carbocycles. The van der Waals surface area contributed by atoms with E-state index in [1.165, 1.54) is 0 Å². The van der Waals surface area contributed by atoms with E-state index in [2.05, 4.69) is 5.32 Å². The summed E-state index contributed by atoms with van der Waals surface area (Å²) in [5.74, 6) is -0.543. The fourth-order valence-corrected chi connectivity index (χ4v) is 3.32. The van der Waals surface area contributed by atoms with Gasteiger partial charge in [-0.25, -0.2) is 4.79 Å². The highest BCUT2D eigenvalue weighted by molar-refractivity contribution is 6.30. The lowest BCUT2D eigenvalue weighted by molar-refractivity contribution is -0.147. The fourth-order valence-electron chi connectivity index (χ4n) is 3.20. The predicted octanol–water partition coefficient (Wildman–Crippen LogP) is 5.38. The van der Waals surface area contributed by atoms with Gasteiger partial charge in [-0.1, -0.05) is 67.9 Å². The highest BCUT2D eigenvalue weighted by atomic mass is 35.5. The Bertz CT molecular complexity index is 993. The van der Waals surface area contributed by atoms with Crippen molar-refractivity contribution in [2.24, 2.45) is 5.92 Å². The lowest BCUT2D eigenvalue weighted by Gasteiger charge is -2.20. The van der Waals surface area contributed by atoms with Gasteiger partial charge < -0.3 is 10.1 Å². The van der Waals surface area contributed by atoms with Crippen molar-refractivity contribution >= 4 is 34.2 Å². The fraction of sp³-hybridized carbons (Fsp3) is 0.250. The summed E-state index contributed by atoms with van der Waals surface area (Å²) >= 11 is 5.88. The van der Waals surface area contributed by atoms with E-state index in [0.717, 1.165) is 16.3 Å². The molecule has 3 aromatic rings. The van der Waals surface area contributed by atoms with Crippen molar-refractivity contribution in [2.45, 2.75) is 32.9 Å². The molecule has 150 valence electrons. The summed E-state index contributed by atoms with van der Waals surface area (Å²) in [5.41, 5.74) is 1.38. The molecule has 0 radical (unpaired) electrons. The van der Waals surface area contributed by atoms with Gasteiger partial charge in [0.1, 0.15) is 12.6 Å². The molecule has 0 bridgehead atoms. The molecule has 0 heterocycles. The second-order valence-electron chi connectivity index (χ2n) is 7.41. The van der Waals surface area contributed by atoms with Crippen LogP contribution in [0.2, 0.25) is 5.02 Å². The van der Waals surface area contributed by atoms with Crippen LogP contribution in [-0.4, -0.2) is 17.9 Å². The van der Waals surface area contributed by atoms with Crippen LogP contribution < -0.4 is 5.32 Å². The van der Waals surface area contributed by atoms with Gasteiger partial charge >= 0.3 is 5.97 Å².